The van der Waals surface area contributed by atoms with Gasteiger partial charge in [-0.25, -0.2) is 0 Å². The lowest BCUT2D eigenvalue weighted by Gasteiger charge is -2.12. The first kappa shape index (κ1) is 13.4. The molecule has 0 heterocycles. The van der Waals surface area contributed by atoms with Gasteiger partial charge in [0.2, 0.25) is 0 Å². The standard InChI is InChI=1S/C16H11F2NO2/c17-16(18)13-4-2-1-3-11(13)12-9-10(5-6-14(12)16)15(21)19-7-8-20/h1-6,8-9H,7H2,(H,19,21). The van der Waals surface area contributed by atoms with Gasteiger partial charge in [-0.1, -0.05) is 30.3 Å². The van der Waals surface area contributed by atoms with Crippen molar-refractivity contribution in [2.75, 3.05) is 6.54 Å². The molecule has 2 aromatic rings. The van der Waals surface area contributed by atoms with Crippen molar-refractivity contribution < 1.29 is 18.4 Å². The fourth-order valence-corrected chi connectivity index (χ4v) is 2.56. The summed E-state index contributed by atoms with van der Waals surface area (Å²) in [7, 11) is 0. The van der Waals surface area contributed by atoms with Crippen molar-refractivity contribution in [2.24, 2.45) is 0 Å². The number of hydrogen-bond donors (Lipinski definition) is 1. The van der Waals surface area contributed by atoms with E-state index in [-0.39, 0.29) is 23.2 Å². The Balaban J connectivity index is 2.09. The molecule has 106 valence electrons. The van der Waals surface area contributed by atoms with Crippen molar-refractivity contribution in [1.29, 1.82) is 0 Å². The van der Waals surface area contributed by atoms with Gasteiger partial charge in [-0.2, -0.15) is 8.78 Å². The zero-order valence-corrected chi connectivity index (χ0v) is 10.9. The molecular formula is C16H11F2NO2. The summed E-state index contributed by atoms with van der Waals surface area (Å²) in [5.74, 6) is -3.51. The van der Waals surface area contributed by atoms with Crippen LogP contribution in [0.2, 0.25) is 0 Å². The molecule has 0 spiro atoms. The summed E-state index contributed by atoms with van der Waals surface area (Å²) >= 11 is 0. The van der Waals surface area contributed by atoms with Crippen LogP contribution < -0.4 is 5.32 Å². The Labute approximate surface area is 119 Å². The molecule has 0 fully saturated rings. The van der Waals surface area contributed by atoms with Crippen molar-refractivity contribution in [1.82, 2.24) is 5.32 Å². The molecule has 1 aliphatic rings. The molecule has 1 aliphatic carbocycles. The van der Waals surface area contributed by atoms with Gasteiger partial charge >= 0.3 is 0 Å². The van der Waals surface area contributed by atoms with Crippen LogP contribution in [0, 0.1) is 0 Å². The summed E-state index contributed by atoms with van der Waals surface area (Å²) < 4.78 is 28.6. The second-order valence-corrected chi connectivity index (χ2v) is 4.76. The van der Waals surface area contributed by atoms with Crippen LogP contribution >= 0.6 is 0 Å². The summed E-state index contributed by atoms with van der Waals surface area (Å²) in [5.41, 5.74) is 0.890. The average molecular weight is 287 g/mol. The van der Waals surface area contributed by atoms with E-state index in [1.165, 1.54) is 24.3 Å². The minimum absolute atomic E-state index is 0.0505. The molecule has 0 unspecified atom stereocenters. The third-order valence-corrected chi connectivity index (χ3v) is 3.52. The zero-order valence-electron chi connectivity index (χ0n) is 10.9. The van der Waals surface area contributed by atoms with Crippen LogP contribution in [0.25, 0.3) is 11.1 Å². The molecule has 2 aromatic carbocycles. The van der Waals surface area contributed by atoms with Gasteiger partial charge in [0.05, 0.1) is 6.54 Å². The Morgan fingerprint density at radius 3 is 2.57 bits per heavy atom. The number of halogens is 2. The number of fused-ring (bicyclic) bond motifs is 3. The summed E-state index contributed by atoms with van der Waals surface area (Å²) in [5, 5.41) is 2.39. The van der Waals surface area contributed by atoms with E-state index in [1.807, 2.05) is 0 Å². The van der Waals surface area contributed by atoms with Crippen LogP contribution in [0.15, 0.2) is 42.5 Å². The molecule has 0 saturated carbocycles. The smallest absolute Gasteiger partial charge is 0.299 e. The maximum atomic E-state index is 14.3. The van der Waals surface area contributed by atoms with Crippen LogP contribution in [0.5, 0.6) is 0 Å². The van der Waals surface area contributed by atoms with Crippen LogP contribution in [0.1, 0.15) is 21.5 Å². The number of alkyl halides is 2. The number of rotatable bonds is 3. The van der Waals surface area contributed by atoms with Crippen LogP contribution in [-0.2, 0) is 10.7 Å². The highest BCUT2D eigenvalue weighted by Gasteiger charge is 2.44. The van der Waals surface area contributed by atoms with E-state index >= 15 is 0 Å². The molecule has 3 rings (SSSR count). The Hall–Kier alpha value is -2.56. The van der Waals surface area contributed by atoms with Crippen molar-refractivity contribution in [2.45, 2.75) is 5.92 Å². The summed E-state index contributed by atoms with van der Waals surface area (Å²) in [6, 6.07) is 10.3. The number of carbonyl (C=O) groups excluding carboxylic acids is 2. The Morgan fingerprint density at radius 2 is 1.81 bits per heavy atom. The number of carbonyl (C=O) groups is 2. The lowest BCUT2D eigenvalue weighted by Crippen LogP contribution is -2.25. The van der Waals surface area contributed by atoms with Gasteiger partial charge in [-0.05, 0) is 23.3 Å². The lowest BCUT2D eigenvalue weighted by molar-refractivity contribution is -0.107. The van der Waals surface area contributed by atoms with Crippen molar-refractivity contribution in [3.63, 3.8) is 0 Å². The normalized spacial score (nSPS) is 14.2. The molecular weight excluding hydrogens is 276 g/mol. The van der Waals surface area contributed by atoms with Gasteiger partial charge in [0.25, 0.3) is 11.8 Å². The Bertz CT molecular complexity index is 741. The van der Waals surface area contributed by atoms with Crippen LogP contribution in [0.3, 0.4) is 0 Å². The first-order valence-electron chi connectivity index (χ1n) is 6.39. The van der Waals surface area contributed by atoms with E-state index in [9.17, 15) is 18.4 Å². The molecule has 1 N–H and O–H groups in total. The number of hydrogen-bond acceptors (Lipinski definition) is 2. The van der Waals surface area contributed by atoms with Crippen molar-refractivity contribution in [3.8, 4) is 11.1 Å². The van der Waals surface area contributed by atoms with E-state index in [4.69, 9.17) is 0 Å². The topological polar surface area (TPSA) is 46.2 Å². The summed E-state index contributed by atoms with van der Waals surface area (Å²) in [6.45, 7) is -0.108. The predicted octanol–water partition coefficient (Wildman–Crippen LogP) is 2.74. The Kier molecular flexibility index (Phi) is 3.05. The van der Waals surface area contributed by atoms with Gasteiger partial charge in [0, 0.05) is 16.7 Å². The van der Waals surface area contributed by atoms with Crippen molar-refractivity contribution >= 4 is 12.2 Å². The number of nitrogens with one attached hydrogen (secondary N) is 1. The average Bonchev–Trinajstić information content (AvgIpc) is 2.73. The van der Waals surface area contributed by atoms with Gasteiger partial charge < -0.3 is 10.1 Å². The van der Waals surface area contributed by atoms with Crippen LogP contribution in [0.4, 0.5) is 8.78 Å². The Morgan fingerprint density at radius 1 is 1.10 bits per heavy atom. The first-order chi connectivity index (χ1) is 10.1. The molecule has 3 nitrogen and oxygen atoms in total. The minimum atomic E-state index is -3.05. The maximum Gasteiger partial charge on any atom is 0.299 e. The summed E-state index contributed by atoms with van der Waals surface area (Å²) in [6.07, 6.45) is 0.564. The highest BCUT2D eigenvalue weighted by Crippen LogP contribution is 2.50. The summed E-state index contributed by atoms with van der Waals surface area (Å²) in [4.78, 5) is 22.1. The van der Waals surface area contributed by atoms with E-state index in [1.54, 1.807) is 18.2 Å². The highest BCUT2D eigenvalue weighted by atomic mass is 19.3. The monoisotopic (exact) mass is 287 g/mol. The van der Waals surface area contributed by atoms with E-state index in [0.717, 1.165) is 0 Å². The van der Waals surface area contributed by atoms with Gasteiger partial charge in [0.1, 0.15) is 6.29 Å². The molecule has 21 heavy (non-hydrogen) atoms. The fraction of sp³-hybridized carbons (Fsp3) is 0.125. The number of benzene rings is 2. The quantitative estimate of drug-likeness (QED) is 0.882. The third kappa shape index (κ3) is 2.01. The van der Waals surface area contributed by atoms with E-state index < -0.39 is 11.8 Å². The third-order valence-electron chi connectivity index (χ3n) is 3.52. The van der Waals surface area contributed by atoms with E-state index in [0.29, 0.717) is 17.4 Å². The van der Waals surface area contributed by atoms with Gasteiger partial charge in [-0.15, -0.1) is 0 Å². The molecule has 0 aliphatic heterocycles. The zero-order chi connectivity index (χ0) is 15.0. The largest absolute Gasteiger partial charge is 0.345 e. The fourth-order valence-electron chi connectivity index (χ4n) is 2.56. The second kappa shape index (κ2) is 4.77. The van der Waals surface area contributed by atoms with E-state index in [2.05, 4.69) is 5.32 Å². The molecule has 0 aromatic heterocycles. The predicted molar refractivity (Wildman–Crippen MR) is 73.3 cm³/mol. The molecule has 0 bridgehead atoms. The minimum Gasteiger partial charge on any atom is -0.345 e. The number of aldehydes is 1. The SMILES string of the molecule is O=CCNC(=O)c1ccc2c(c1)-c1ccccc1C2(F)F. The van der Waals surface area contributed by atoms with Gasteiger partial charge in [-0.3, -0.25) is 4.79 Å². The molecule has 5 heteroatoms. The lowest BCUT2D eigenvalue weighted by atomic mass is 10.0. The molecule has 0 saturated heterocycles. The molecule has 1 amide bonds. The number of amides is 1. The van der Waals surface area contributed by atoms with Gasteiger partial charge in [0.15, 0.2) is 0 Å². The first-order valence-corrected chi connectivity index (χ1v) is 6.39. The molecule has 0 atom stereocenters. The second-order valence-electron chi connectivity index (χ2n) is 4.76. The van der Waals surface area contributed by atoms with Crippen molar-refractivity contribution in [3.05, 3.63) is 59.2 Å². The van der Waals surface area contributed by atoms with Crippen LogP contribution in [-0.4, -0.2) is 18.7 Å². The highest BCUT2D eigenvalue weighted by molar-refractivity contribution is 5.97. The molecule has 0 radical (unpaired) electrons. The maximum absolute atomic E-state index is 14.3.